The van der Waals surface area contributed by atoms with E-state index in [0.717, 1.165) is 32.1 Å². The largest absolute Gasteiger partial charge is 0.393 e. The van der Waals surface area contributed by atoms with Crippen molar-refractivity contribution in [2.75, 3.05) is 0 Å². The molecule has 168 valence electrons. The van der Waals surface area contributed by atoms with E-state index in [-0.39, 0.29) is 34.2 Å². The van der Waals surface area contributed by atoms with Gasteiger partial charge in [0.2, 0.25) is 0 Å². The highest BCUT2D eigenvalue weighted by Crippen LogP contribution is 2.72. The molecule has 0 saturated heterocycles. The molecule has 0 heterocycles. The Labute approximate surface area is 184 Å². The first kappa shape index (κ1) is 22.3. The zero-order chi connectivity index (χ0) is 21.9. The zero-order valence-electron chi connectivity index (χ0n) is 19.9. The zero-order valence-corrected chi connectivity index (χ0v) is 19.9. The van der Waals surface area contributed by atoms with E-state index >= 15 is 0 Å². The van der Waals surface area contributed by atoms with Crippen LogP contribution in [-0.2, 0) is 4.79 Å². The Morgan fingerprint density at radius 1 is 1.10 bits per heavy atom. The van der Waals surface area contributed by atoms with Crippen molar-refractivity contribution in [3.63, 3.8) is 0 Å². The molecule has 4 unspecified atom stereocenters. The van der Waals surface area contributed by atoms with Crippen LogP contribution in [-0.4, -0.2) is 17.0 Å². The van der Waals surface area contributed by atoms with E-state index in [2.05, 4.69) is 40.7 Å². The summed E-state index contributed by atoms with van der Waals surface area (Å²) < 4.78 is 0. The predicted octanol–water partition coefficient (Wildman–Crippen LogP) is 6.15. The highest BCUT2D eigenvalue weighted by molar-refractivity contribution is 5.86. The van der Waals surface area contributed by atoms with Crippen LogP contribution in [0.2, 0.25) is 0 Å². The fraction of sp³-hybridized carbons (Fsp3) is 0.926. The van der Waals surface area contributed by atoms with Crippen molar-refractivity contribution in [2.45, 2.75) is 105 Å². The van der Waals surface area contributed by atoms with Crippen LogP contribution in [0.1, 0.15) is 98.8 Å². The molecule has 3 heteroatoms. The molecule has 1 N–H and O–H groups in total. The lowest BCUT2D eigenvalue weighted by Gasteiger charge is -2.66. The fourth-order valence-corrected chi connectivity index (χ4v) is 9.64. The Morgan fingerprint density at radius 3 is 2.50 bits per heavy atom. The van der Waals surface area contributed by atoms with Crippen molar-refractivity contribution in [3.05, 3.63) is 0 Å². The number of aliphatic hydroxyl groups is 1. The van der Waals surface area contributed by atoms with E-state index in [1.165, 1.54) is 25.7 Å². The number of fused-ring (bicyclic) bond motifs is 5. The van der Waals surface area contributed by atoms with Gasteiger partial charge in [-0.1, -0.05) is 34.6 Å². The first-order valence-corrected chi connectivity index (χ1v) is 12.7. The SMILES string of the molecule is CC[C@@H]1C(=O)C2C3CCC([C@H](C)CCC#N)[C@@]3(C)CCC2[C@@]2(C)CC[C@@H](O)C[C@@]12C. The molecule has 0 spiro atoms. The van der Waals surface area contributed by atoms with Gasteiger partial charge >= 0.3 is 0 Å². The molecule has 4 aliphatic rings. The van der Waals surface area contributed by atoms with Crippen LogP contribution >= 0.6 is 0 Å². The van der Waals surface area contributed by atoms with Gasteiger partial charge < -0.3 is 5.11 Å². The Hall–Kier alpha value is -0.880. The molecule has 4 fully saturated rings. The summed E-state index contributed by atoms with van der Waals surface area (Å²) in [5.74, 6) is 3.07. The van der Waals surface area contributed by atoms with Gasteiger partial charge in [0.05, 0.1) is 12.2 Å². The first-order valence-electron chi connectivity index (χ1n) is 12.7. The van der Waals surface area contributed by atoms with Crippen LogP contribution in [0, 0.1) is 63.1 Å². The summed E-state index contributed by atoms with van der Waals surface area (Å²) in [5, 5.41) is 19.6. The molecule has 0 amide bonds. The van der Waals surface area contributed by atoms with Crippen molar-refractivity contribution < 1.29 is 9.90 Å². The number of carbonyl (C=O) groups excluding carboxylic acids is 1. The molecule has 4 rings (SSSR count). The monoisotopic (exact) mass is 413 g/mol. The second-order valence-corrected chi connectivity index (χ2v) is 12.2. The second kappa shape index (κ2) is 7.61. The van der Waals surface area contributed by atoms with Crippen molar-refractivity contribution >= 4 is 5.78 Å². The van der Waals surface area contributed by atoms with E-state index in [4.69, 9.17) is 5.26 Å². The average molecular weight is 414 g/mol. The third-order valence-corrected chi connectivity index (χ3v) is 11.4. The molecule has 3 nitrogen and oxygen atoms in total. The van der Waals surface area contributed by atoms with Crippen molar-refractivity contribution in [1.29, 1.82) is 5.26 Å². The van der Waals surface area contributed by atoms with Gasteiger partial charge in [-0.05, 0) is 97.7 Å². The third-order valence-electron chi connectivity index (χ3n) is 11.4. The number of aliphatic hydroxyl groups excluding tert-OH is 1. The number of nitriles is 1. The summed E-state index contributed by atoms with van der Waals surface area (Å²) in [4.78, 5) is 14.1. The third kappa shape index (κ3) is 2.88. The Balaban J connectivity index is 1.69. The molecule has 0 aromatic rings. The highest BCUT2D eigenvalue weighted by Gasteiger charge is 2.68. The molecule has 0 aromatic heterocycles. The number of Topliss-reactive ketones (excluding diaryl/α,β-unsaturated/α-hetero) is 1. The van der Waals surface area contributed by atoms with Crippen molar-refractivity contribution in [2.24, 2.45) is 51.8 Å². The van der Waals surface area contributed by atoms with Gasteiger partial charge in [-0.15, -0.1) is 0 Å². The van der Waals surface area contributed by atoms with Gasteiger partial charge in [0, 0.05) is 18.3 Å². The van der Waals surface area contributed by atoms with Crippen LogP contribution in [0.5, 0.6) is 0 Å². The fourth-order valence-electron chi connectivity index (χ4n) is 9.64. The van der Waals surface area contributed by atoms with Crippen LogP contribution in [0.15, 0.2) is 0 Å². The molecule has 0 aromatic carbocycles. The topological polar surface area (TPSA) is 61.1 Å². The molecule has 0 aliphatic heterocycles. The van der Waals surface area contributed by atoms with Gasteiger partial charge in [0.15, 0.2) is 0 Å². The second-order valence-electron chi connectivity index (χ2n) is 12.2. The van der Waals surface area contributed by atoms with E-state index in [1.54, 1.807) is 0 Å². The van der Waals surface area contributed by atoms with Gasteiger partial charge in [-0.25, -0.2) is 0 Å². The maximum absolute atomic E-state index is 14.1. The molecular formula is C27H43NO2. The normalized spacial score (nSPS) is 51.4. The van der Waals surface area contributed by atoms with Crippen molar-refractivity contribution in [1.82, 2.24) is 0 Å². The minimum Gasteiger partial charge on any atom is -0.393 e. The van der Waals surface area contributed by atoms with E-state index in [0.29, 0.717) is 35.9 Å². The van der Waals surface area contributed by atoms with Crippen molar-refractivity contribution in [3.8, 4) is 6.07 Å². The summed E-state index contributed by atoms with van der Waals surface area (Å²) >= 11 is 0. The molecule has 4 aliphatic carbocycles. The summed E-state index contributed by atoms with van der Waals surface area (Å²) in [6.07, 6.45) is 9.91. The lowest BCUT2D eigenvalue weighted by Crippen LogP contribution is -2.65. The average Bonchev–Trinajstić information content (AvgIpc) is 3.05. The smallest absolute Gasteiger partial charge is 0.140 e. The molecule has 4 saturated carbocycles. The summed E-state index contributed by atoms with van der Waals surface area (Å²) in [6.45, 7) is 11.9. The Bertz CT molecular complexity index is 727. The molecule has 10 atom stereocenters. The maximum atomic E-state index is 14.1. The van der Waals surface area contributed by atoms with Gasteiger partial charge in [-0.2, -0.15) is 5.26 Å². The number of hydrogen-bond acceptors (Lipinski definition) is 3. The first-order chi connectivity index (χ1) is 14.1. The van der Waals surface area contributed by atoms with Gasteiger partial charge in [0.1, 0.15) is 5.78 Å². The van der Waals surface area contributed by atoms with E-state index in [1.807, 2.05) is 0 Å². The quantitative estimate of drug-likeness (QED) is 0.601. The number of nitrogens with zero attached hydrogens (tertiary/aromatic N) is 1. The highest BCUT2D eigenvalue weighted by atomic mass is 16.3. The Morgan fingerprint density at radius 2 is 1.83 bits per heavy atom. The number of ketones is 1. The summed E-state index contributed by atoms with van der Waals surface area (Å²) in [5.41, 5.74) is 0.350. The van der Waals surface area contributed by atoms with Crippen LogP contribution in [0.4, 0.5) is 0 Å². The van der Waals surface area contributed by atoms with Gasteiger partial charge in [-0.3, -0.25) is 4.79 Å². The number of hydrogen-bond donors (Lipinski definition) is 1. The minimum atomic E-state index is -0.243. The Kier molecular flexibility index (Phi) is 5.66. The number of rotatable bonds is 4. The molecule has 0 bridgehead atoms. The van der Waals surface area contributed by atoms with E-state index in [9.17, 15) is 9.90 Å². The standard InChI is InChI=1S/C27H43NO2/c1-6-19-24(30)23-21-10-9-20(17(2)8-7-15-28)25(21,3)13-12-22(23)26(4)14-11-18(29)16-27(19,26)5/h17-23,29H,6-14,16H2,1-5H3/t17-,18-,19-,20?,21?,22?,23?,25-,26-,27+/m1/s1. The van der Waals surface area contributed by atoms with Gasteiger partial charge in [0.25, 0.3) is 0 Å². The lowest BCUT2D eigenvalue weighted by molar-refractivity contribution is -0.199. The molecular weight excluding hydrogens is 370 g/mol. The predicted molar refractivity (Wildman–Crippen MR) is 119 cm³/mol. The van der Waals surface area contributed by atoms with E-state index < -0.39 is 0 Å². The molecule has 30 heavy (non-hydrogen) atoms. The minimum absolute atomic E-state index is 0.0660. The summed E-state index contributed by atoms with van der Waals surface area (Å²) in [6, 6.07) is 2.34. The summed E-state index contributed by atoms with van der Waals surface area (Å²) in [7, 11) is 0. The number of carbonyl (C=O) groups is 1. The molecule has 0 radical (unpaired) electrons. The van der Waals surface area contributed by atoms with Crippen LogP contribution < -0.4 is 0 Å². The lowest BCUT2D eigenvalue weighted by atomic mass is 9.37. The maximum Gasteiger partial charge on any atom is 0.140 e. The van der Waals surface area contributed by atoms with Crippen LogP contribution in [0.3, 0.4) is 0 Å². The van der Waals surface area contributed by atoms with Crippen LogP contribution in [0.25, 0.3) is 0 Å².